The lowest BCUT2D eigenvalue weighted by atomic mass is 9.97. The van der Waals surface area contributed by atoms with Gasteiger partial charge in [0.25, 0.3) is 0 Å². The third-order valence-corrected chi connectivity index (χ3v) is 8.53. The number of aryl methyl sites for hydroxylation is 2. The minimum absolute atomic E-state index is 0.283. The van der Waals surface area contributed by atoms with Gasteiger partial charge in [0, 0.05) is 15.4 Å². The second-order valence-electron chi connectivity index (χ2n) is 8.47. The highest BCUT2D eigenvalue weighted by Crippen LogP contribution is 2.37. The molecule has 186 valence electrons. The number of rotatable bonds is 9. The van der Waals surface area contributed by atoms with Gasteiger partial charge in [-0.1, -0.05) is 65.7 Å². The van der Waals surface area contributed by atoms with Crippen molar-refractivity contribution < 1.29 is 17.5 Å². The molecule has 0 bridgehead atoms. The molecule has 1 unspecified atom stereocenters. The van der Waals surface area contributed by atoms with E-state index in [4.69, 9.17) is 4.74 Å². The maximum absolute atomic E-state index is 16.4. The van der Waals surface area contributed by atoms with Gasteiger partial charge in [-0.05, 0) is 61.9 Å². The van der Waals surface area contributed by atoms with Gasteiger partial charge in [0.05, 0.1) is 28.8 Å². The van der Waals surface area contributed by atoms with Crippen molar-refractivity contribution in [2.24, 2.45) is 0 Å². The van der Waals surface area contributed by atoms with Gasteiger partial charge in [-0.15, -0.1) is 0 Å². The van der Waals surface area contributed by atoms with E-state index in [-0.39, 0.29) is 5.56 Å². The van der Waals surface area contributed by atoms with Gasteiger partial charge in [0.2, 0.25) is 0 Å². The monoisotopic (exact) mass is 521 g/mol. The van der Waals surface area contributed by atoms with E-state index >= 15 is 4.39 Å². The van der Waals surface area contributed by atoms with Gasteiger partial charge in [-0.2, -0.15) is 0 Å². The normalized spacial score (nSPS) is 14.6. The van der Waals surface area contributed by atoms with Crippen LogP contribution in [0, 0.1) is 13.8 Å². The Kier molecular flexibility index (Phi) is 8.46. The summed E-state index contributed by atoms with van der Waals surface area (Å²) >= 11 is 0. The Labute approximate surface area is 216 Å². The third kappa shape index (κ3) is 5.98. The Balaban J connectivity index is 1.72. The quantitative estimate of drug-likeness (QED) is 0.272. The molecule has 0 aliphatic heterocycles. The van der Waals surface area contributed by atoms with Crippen LogP contribution in [0.5, 0.6) is 5.75 Å². The molecular formula is C29H28FNO3S2. The fraction of sp³-hybridized carbons (Fsp3) is 0.172. The van der Waals surface area contributed by atoms with Crippen LogP contribution in [0.15, 0.2) is 112 Å². The third-order valence-electron chi connectivity index (χ3n) is 5.89. The predicted octanol–water partition coefficient (Wildman–Crippen LogP) is 6.54. The summed E-state index contributed by atoms with van der Waals surface area (Å²) in [5.74, 6) is 0.633. The van der Waals surface area contributed by atoms with Crippen LogP contribution >= 0.6 is 0 Å². The molecule has 0 spiro atoms. The summed E-state index contributed by atoms with van der Waals surface area (Å²) < 4.78 is 51.3. The van der Waals surface area contributed by atoms with Crippen LogP contribution < -0.4 is 9.46 Å². The lowest BCUT2D eigenvalue weighted by molar-refractivity contribution is 0.275. The zero-order chi connectivity index (χ0) is 25.7. The van der Waals surface area contributed by atoms with Crippen molar-refractivity contribution >= 4 is 21.8 Å². The van der Waals surface area contributed by atoms with Crippen molar-refractivity contribution in [1.29, 1.82) is 0 Å². The van der Waals surface area contributed by atoms with Gasteiger partial charge in [0.1, 0.15) is 22.9 Å². The van der Waals surface area contributed by atoms with Crippen LogP contribution in [0.1, 0.15) is 34.5 Å². The van der Waals surface area contributed by atoms with Gasteiger partial charge in [-0.3, -0.25) is 0 Å². The highest BCUT2D eigenvalue weighted by Gasteiger charge is 2.30. The zero-order valence-electron chi connectivity index (χ0n) is 20.3. The first-order valence-electron chi connectivity index (χ1n) is 11.5. The highest BCUT2D eigenvalue weighted by molar-refractivity contribution is 7.85. The molecule has 4 atom stereocenters. The van der Waals surface area contributed by atoms with Crippen LogP contribution in [-0.2, 0) is 21.8 Å². The molecule has 0 saturated heterocycles. The number of alkyl halides is 1. The summed E-state index contributed by atoms with van der Waals surface area (Å²) in [6.07, 6.45) is -1.63. The minimum Gasteiger partial charge on any atom is -0.497 e. The molecule has 0 aliphatic carbocycles. The molecule has 4 nitrogen and oxygen atoms in total. The molecule has 0 heterocycles. The van der Waals surface area contributed by atoms with E-state index in [9.17, 15) is 8.42 Å². The fourth-order valence-electron chi connectivity index (χ4n) is 3.80. The topological polar surface area (TPSA) is 55.4 Å². The summed E-state index contributed by atoms with van der Waals surface area (Å²) in [7, 11) is -1.70. The van der Waals surface area contributed by atoms with Gasteiger partial charge >= 0.3 is 0 Å². The molecule has 4 aromatic carbocycles. The Bertz CT molecular complexity index is 1360. The molecule has 7 heteroatoms. The SMILES string of the molecule is COc1ccc([C@@H](NS(=O)c2ccc(C)cc2)[C@@H](F)c2ccccc2[S@@](=O)c2ccc(C)cc2)cc1. The van der Waals surface area contributed by atoms with E-state index in [2.05, 4.69) is 4.72 Å². The van der Waals surface area contributed by atoms with E-state index < -0.39 is 34.0 Å². The number of methoxy groups -OCH3 is 1. The summed E-state index contributed by atoms with van der Waals surface area (Å²) in [5.41, 5.74) is 2.97. The smallest absolute Gasteiger partial charge is 0.147 e. The Morgan fingerprint density at radius 2 is 1.31 bits per heavy atom. The molecule has 0 amide bonds. The molecule has 1 N–H and O–H groups in total. The van der Waals surface area contributed by atoms with E-state index in [1.165, 1.54) is 0 Å². The summed E-state index contributed by atoms with van der Waals surface area (Å²) in [5, 5.41) is 0. The second-order valence-corrected chi connectivity index (χ2v) is 11.2. The summed E-state index contributed by atoms with van der Waals surface area (Å²) in [4.78, 5) is 1.52. The highest BCUT2D eigenvalue weighted by atomic mass is 32.2. The molecule has 0 fully saturated rings. The molecule has 0 aromatic heterocycles. The lowest BCUT2D eigenvalue weighted by Crippen LogP contribution is -2.28. The molecular weight excluding hydrogens is 493 g/mol. The Morgan fingerprint density at radius 1 is 0.750 bits per heavy atom. The number of benzene rings is 4. The van der Waals surface area contributed by atoms with Gasteiger partial charge < -0.3 is 4.74 Å². The average Bonchev–Trinajstić information content (AvgIpc) is 2.91. The van der Waals surface area contributed by atoms with Crippen molar-refractivity contribution in [3.05, 3.63) is 119 Å². The molecule has 4 aromatic rings. The van der Waals surface area contributed by atoms with Crippen molar-refractivity contribution in [3.63, 3.8) is 0 Å². The predicted molar refractivity (Wildman–Crippen MR) is 143 cm³/mol. The minimum atomic E-state index is -1.68. The van der Waals surface area contributed by atoms with Crippen molar-refractivity contribution in [2.75, 3.05) is 7.11 Å². The van der Waals surface area contributed by atoms with E-state index in [0.717, 1.165) is 11.1 Å². The van der Waals surface area contributed by atoms with Gasteiger partial charge in [0.15, 0.2) is 0 Å². The number of hydrogen-bond acceptors (Lipinski definition) is 3. The first-order valence-corrected chi connectivity index (χ1v) is 13.8. The fourth-order valence-corrected chi connectivity index (χ4v) is 6.04. The molecule has 0 saturated carbocycles. The molecule has 36 heavy (non-hydrogen) atoms. The molecule has 0 radical (unpaired) electrons. The summed E-state index contributed by atoms with van der Waals surface area (Å²) in [6.45, 7) is 3.90. The standard InChI is InChI=1S/C29H28FNO3S2/c1-20-8-16-24(17-9-20)35(32)27-7-5-4-6-26(27)28(30)29(22-12-14-23(34-3)15-13-22)31-36(33)25-18-10-21(2)11-19-25/h4-19,28-29,31H,1-3H3/t28-,29+,35-,36?/m0/s1. The lowest BCUT2D eigenvalue weighted by Gasteiger charge is -2.24. The maximum Gasteiger partial charge on any atom is 0.147 e. The number of ether oxygens (including phenoxy) is 1. The largest absolute Gasteiger partial charge is 0.497 e. The van der Waals surface area contributed by atoms with E-state index in [0.29, 0.717) is 26.0 Å². The Hall–Kier alpha value is -3.13. The second kappa shape index (κ2) is 11.7. The van der Waals surface area contributed by atoms with Crippen LogP contribution in [0.25, 0.3) is 0 Å². The molecule has 0 aliphatic rings. The maximum atomic E-state index is 16.4. The average molecular weight is 522 g/mol. The number of halogens is 1. The van der Waals surface area contributed by atoms with Crippen LogP contribution in [0.2, 0.25) is 0 Å². The first kappa shape index (κ1) is 25.9. The zero-order valence-corrected chi connectivity index (χ0v) is 21.9. The number of hydrogen-bond donors (Lipinski definition) is 1. The first-order chi connectivity index (χ1) is 17.4. The van der Waals surface area contributed by atoms with E-state index in [1.807, 2.05) is 38.1 Å². The van der Waals surface area contributed by atoms with Crippen LogP contribution in [-0.4, -0.2) is 15.5 Å². The van der Waals surface area contributed by atoms with Crippen molar-refractivity contribution in [2.45, 2.75) is 40.7 Å². The van der Waals surface area contributed by atoms with Crippen LogP contribution in [0.3, 0.4) is 0 Å². The summed E-state index contributed by atoms with van der Waals surface area (Å²) in [6, 6.07) is 27.4. The number of nitrogens with one attached hydrogen (secondary N) is 1. The van der Waals surface area contributed by atoms with Crippen LogP contribution in [0.4, 0.5) is 4.39 Å². The van der Waals surface area contributed by atoms with Gasteiger partial charge in [-0.25, -0.2) is 17.5 Å². The van der Waals surface area contributed by atoms with Crippen molar-refractivity contribution in [1.82, 2.24) is 4.72 Å². The van der Waals surface area contributed by atoms with Crippen molar-refractivity contribution in [3.8, 4) is 5.75 Å². The van der Waals surface area contributed by atoms with E-state index in [1.54, 1.807) is 79.9 Å². The Morgan fingerprint density at radius 3 is 1.89 bits per heavy atom. The molecule has 4 rings (SSSR count).